The first-order chi connectivity index (χ1) is 12.8. The monoisotopic (exact) mass is 372 g/mol. The second-order valence-corrected chi connectivity index (χ2v) is 7.88. The summed E-state index contributed by atoms with van der Waals surface area (Å²) in [5.74, 6) is 1.23. The Bertz CT molecular complexity index is 818. The van der Waals surface area contributed by atoms with E-state index in [4.69, 9.17) is 14.5 Å². The van der Waals surface area contributed by atoms with Gasteiger partial charge in [-0.05, 0) is 45.7 Å². The van der Waals surface area contributed by atoms with Gasteiger partial charge in [0, 0.05) is 20.1 Å². The summed E-state index contributed by atoms with van der Waals surface area (Å²) in [6, 6.07) is 7.79. The van der Waals surface area contributed by atoms with Gasteiger partial charge < -0.3 is 19.3 Å². The number of rotatable bonds is 3. The molecule has 0 aliphatic carbocycles. The topological polar surface area (TPSA) is 67.8 Å². The number of anilines is 1. The highest BCUT2D eigenvalue weighted by Gasteiger charge is 2.31. The Hall–Kier alpha value is -2.57. The fraction of sp³-hybridized carbons (Fsp3) is 0.550. The summed E-state index contributed by atoms with van der Waals surface area (Å²) in [6.07, 6.45) is 1.58. The zero-order valence-electron chi connectivity index (χ0n) is 16.7. The van der Waals surface area contributed by atoms with Crippen molar-refractivity contribution in [2.45, 2.75) is 45.3 Å². The lowest BCUT2D eigenvalue weighted by Gasteiger charge is -2.38. The minimum absolute atomic E-state index is 0.0478. The molecule has 0 radical (unpaired) electrons. The van der Waals surface area contributed by atoms with Gasteiger partial charge >= 0.3 is 6.09 Å². The quantitative estimate of drug-likeness (QED) is 0.822. The number of fused-ring (bicyclic) bond motifs is 1. The molecular weight excluding hydrogens is 344 g/mol. The van der Waals surface area contributed by atoms with Gasteiger partial charge in [-0.25, -0.2) is 14.8 Å². The number of ether oxygens (including phenoxy) is 2. The molecule has 146 valence electrons. The summed E-state index contributed by atoms with van der Waals surface area (Å²) in [5, 5.41) is 0. The highest BCUT2D eigenvalue weighted by molar-refractivity contribution is 5.77. The average Bonchev–Trinajstić information content (AvgIpc) is 2.65. The number of likely N-dealkylation sites (N-methyl/N-ethyl adjacent to an activating group) is 1. The largest absolute Gasteiger partial charge is 0.478 e. The Morgan fingerprint density at radius 3 is 2.52 bits per heavy atom. The van der Waals surface area contributed by atoms with Crippen molar-refractivity contribution in [3.63, 3.8) is 0 Å². The first-order valence-corrected chi connectivity index (χ1v) is 9.30. The van der Waals surface area contributed by atoms with Crippen LogP contribution < -0.4 is 9.64 Å². The van der Waals surface area contributed by atoms with Crippen LogP contribution in [0.5, 0.6) is 5.88 Å². The summed E-state index contributed by atoms with van der Waals surface area (Å²) < 4.78 is 11.0. The molecule has 1 aliphatic rings. The summed E-state index contributed by atoms with van der Waals surface area (Å²) >= 11 is 0. The summed E-state index contributed by atoms with van der Waals surface area (Å²) in [7, 11) is 3.40. The molecule has 1 fully saturated rings. The predicted octanol–water partition coefficient (Wildman–Crippen LogP) is 3.47. The molecule has 2 heterocycles. The molecule has 2 aromatic rings. The third-order valence-corrected chi connectivity index (χ3v) is 4.64. The first-order valence-electron chi connectivity index (χ1n) is 9.30. The summed E-state index contributed by atoms with van der Waals surface area (Å²) in [4.78, 5) is 25.6. The maximum absolute atomic E-state index is 12.4. The molecular formula is C20H28N4O3. The van der Waals surface area contributed by atoms with Gasteiger partial charge in [0.25, 0.3) is 5.88 Å². The maximum atomic E-state index is 12.4. The third kappa shape index (κ3) is 4.40. The van der Waals surface area contributed by atoms with Crippen molar-refractivity contribution in [3.05, 3.63) is 24.3 Å². The predicted molar refractivity (Wildman–Crippen MR) is 105 cm³/mol. The number of aromatic nitrogens is 2. The summed E-state index contributed by atoms with van der Waals surface area (Å²) in [6.45, 7) is 7.14. The third-order valence-electron chi connectivity index (χ3n) is 4.64. The number of piperidine rings is 1. The molecule has 7 heteroatoms. The molecule has 1 aromatic heterocycles. The number of carbonyl (C=O) groups excluding carboxylic acids is 1. The maximum Gasteiger partial charge on any atom is 0.410 e. The van der Waals surface area contributed by atoms with Crippen molar-refractivity contribution in [1.29, 1.82) is 0 Å². The number of benzene rings is 1. The zero-order valence-corrected chi connectivity index (χ0v) is 16.7. The number of carbonyl (C=O) groups is 1. The van der Waals surface area contributed by atoms with E-state index in [0.29, 0.717) is 12.4 Å². The molecule has 27 heavy (non-hydrogen) atoms. The van der Waals surface area contributed by atoms with Gasteiger partial charge in [0.1, 0.15) is 5.60 Å². The van der Waals surface area contributed by atoms with Crippen molar-refractivity contribution in [3.8, 4) is 5.88 Å². The minimum atomic E-state index is -0.507. The van der Waals surface area contributed by atoms with Gasteiger partial charge in [0.2, 0.25) is 0 Å². The van der Waals surface area contributed by atoms with E-state index in [2.05, 4.69) is 9.88 Å². The standard InChI is InChI=1S/C20H28N4O3/c1-20(2,3)27-19(25)23(4)14-9-8-12-24(13-14)17-18(26-5)22-16-11-7-6-10-15(16)21-17/h6-7,10-11,14H,8-9,12-13H2,1-5H3. The Balaban J connectivity index is 1.82. The highest BCUT2D eigenvalue weighted by atomic mass is 16.6. The van der Waals surface area contributed by atoms with Crippen LogP contribution in [0.2, 0.25) is 0 Å². The van der Waals surface area contributed by atoms with E-state index in [-0.39, 0.29) is 12.1 Å². The van der Waals surface area contributed by atoms with Crippen LogP contribution in [-0.2, 0) is 4.74 Å². The fourth-order valence-corrected chi connectivity index (χ4v) is 3.26. The van der Waals surface area contributed by atoms with E-state index in [1.54, 1.807) is 19.1 Å². The van der Waals surface area contributed by atoms with Crippen LogP contribution in [-0.4, -0.2) is 59.9 Å². The Morgan fingerprint density at radius 1 is 1.22 bits per heavy atom. The first kappa shape index (κ1) is 19.2. The molecule has 0 bridgehead atoms. The van der Waals surface area contributed by atoms with Crippen LogP contribution in [0.1, 0.15) is 33.6 Å². The molecule has 1 atom stereocenters. The molecule has 1 unspecified atom stereocenters. The number of hydrogen-bond donors (Lipinski definition) is 0. The van der Waals surface area contributed by atoms with Crippen molar-refractivity contribution in [2.75, 3.05) is 32.1 Å². The smallest absolute Gasteiger partial charge is 0.410 e. The molecule has 0 spiro atoms. The second kappa shape index (κ2) is 7.58. The fourth-order valence-electron chi connectivity index (χ4n) is 3.26. The van der Waals surface area contributed by atoms with Gasteiger partial charge in [-0.2, -0.15) is 0 Å². The molecule has 0 saturated carbocycles. The van der Waals surface area contributed by atoms with E-state index in [1.807, 2.05) is 45.0 Å². The molecule has 3 rings (SSSR count). The lowest BCUT2D eigenvalue weighted by Crippen LogP contribution is -2.50. The molecule has 0 N–H and O–H groups in total. The van der Waals surface area contributed by atoms with Gasteiger partial charge in [0.05, 0.1) is 24.2 Å². The number of para-hydroxylation sites is 2. The number of amides is 1. The van der Waals surface area contributed by atoms with Crippen molar-refractivity contribution in [2.24, 2.45) is 0 Å². The zero-order chi connectivity index (χ0) is 19.6. The molecule has 1 aromatic carbocycles. The van der Waals surface area contributed by atoms with Crippen LogP contribution >= 0.6 is 0 Å². The van der Waals surface area contributed by atoms with Gasteiger partial charge in [-0.15, -0.1) is 0 Å². The Kier molecular flexibility index (Phi) is 5.39. The number of hydrogen-bond acceptors (Lipinski definition) is 6. The summed E-state index contributed by atoms with van der Waals surface area (Å²) in [5.41, 5.74) is 1.13. The van der Waals surface area contributed by atoms with Gasteiger partial charge in [0.15, 0.2) is 5.82 Å². The Labute approximate surface area is 160 Å². The number of nitrogens with zero attached hydrogens (tertiary/aromatic N) is 4. The van der Waals surface area contributed by atoms with Gasteiger partial charge in [-0.3, -0.25) is 0 Å². The molecule has 1 amide bonds. The van der Waals surface area contributed by atoms with Crippen LogP contribution in [0, 0.1) is 0 Å². The van der Waals surface area contributed by atoms with Crippen LogP contribution in [0.4, 0.5) is 10.6 Å². The van der Waals surface area contributed by atoms with Gasteiger partial charge in [-0.1, -0.05) is 12.1 Å². The van der Waals surface area contributed by atoms with E-state index in [0.717, 1.165) is 36.2 Å². The normalized spacial score (nSPS) is 17.7. The van der Waals surface area contributed by atoms with Crippen molar-refractivity contribution in [1.82, 2.24) is 14.9 Å². The Morgan fingerprint density at radius 2 is 1.89 bits per heavy atom. The lowest BCUT2D eigenvalue weighted by molar-refractivity contribution is 0.0209. The van der Waals surface area contributed by atoms with Crippen LogP contribution in [0.3, 0.4) is 0 Å². The molecule has 1 aliphatic heterocycles. The van der Waals surface area contributed by atoms with E-state index >= 15 is 0 Å². The van der Waals surface area contributed by atoms with E-state index in [9.17, 15) is 4.79 Å². The minimum Gasteiger partial charge on any atom is -0.478 e. The average molecular weight is 372 g/mol. The lowest BCUT2D eigenvalue weighted by atomic mass is 10.0. The van der Waals surface area contributed by atoms with Crippen LogP contribution in [0.25, 0.3) is 11.0 Å². The second-order valence-electron chi connectivity index (χ2n) is 7.88. The SMILES string of the molecule is COc1nc2ccccc2nc1N1CCCC(N(C)C(=O)OC(C)(C)C)C1. The molecule has 1 saturated heterocycles. The van der Waals surface area contributed by atoms with Crippen molar-refractivity contribution >= 4 is 22.9 Å². The number of methoxy groups -OCH3 is 1. The van der Waals surface area contributed by atoms with E-state index < -0.39 is 5.60 Å². The highest BCUT2D eigenvalue weighted by Crippen LogP contribution is 2.30. The van der Waals surface area contributed by atoms with Crippen LogP contribution in [0.15, 0.2) is 24.3 Å². The van der Waals surface area contributed by atoms with E-state index in [1.165, 1.54) is 0 Å². The van der Waals surface area contributed by atoms with Crippen molar-refractivity contribution < 1.29 is 14.3 Å². The molecule has 7 nitrogen and oxygen atoms in total.